The molecule has 152 valence electrons. The van der Waals surface area contributed by atoms with Gasteiger partial charge in [-0.1, -0.05) is 37.9 Å². The van der Waals surface area contributed by atoms with Crippen LogP contribution in [0.5, 0.6) is 0 Å². The molecule has 2 aromatic heterocycles. The molecule has 0 saturated carbocycles. The SMILES string of the molecule is CP(C)c1ccc(Sc2cnc(N)c(NCc3ccc4ncccc4c3)n2)cc1F. The maximum absolute atomic E-state index is 14.3. The predicted molar refractivity (Wildman–Crippen MR) is 124 cm³/mol. The molecule has 5 nitrogen and oxygen atoms in total. The largest absolute Gasteiger partial charge is 0.381 e. The number of nitrogens with zero attached hydrogens (tertiary/aromatic N) is 3. The molecule has 0 radical (unpaired) electrons. The highest BCUT2D eigenvalue weighted by Crippen LogP contribution is 2.31. The van der Waals surface area contributed by atoms with Crippen LogP contribution in [0, 0.1) is 5.82 Å². The van der Waals surface area contributed by atoms with Gasteiger partial charge >= 0.3 is 0 Å². The molecule has 0 saturated heterocycles. The minimum absolute atomic E-state index is 0.177. The topological polar surface area (TPSA) is 76.7 Å². The molecular weight excluding hydrogens is 416 g/mol. The highest BCUT2D eigenvalue weighted by molar-refractivity contribution is 7.99. The molecule has 8 heteroatoms. The third-order valence-corrected chi connectivity index (χ3v) is 6.75. The first-order chi connectivity index (χ1) is 14.5. The van der Waals surface area contributed by atoms with Crippen LogP contribution in [-0.2, 0) is 6.54 Å². The van der Waals surface area contributed by atoms with E-state index >= 15 is 0 Å². The summed E-state index contributed by atoms with van der Waals surface area (Å²) in [6.45, 7) is 4.63. The minimum Gasteiger partial charge on any atom is -0.381 e. The van der Waals surface area contributed by atoms with E-state index < -0.39 is 7.92 Å². The average molecular weight is 437 g/mol. The van der Waals surface area contributed by atoms with Gasteiger partial charge in [0.15, 0.2) is 11.6 Å². The summed E-state index contributed by atoms with van der Waals surface area (Å²) in [5, 5.41) is 5.75. The quantitative estimate of drug-likeness (QED) is 0.419. The van der Waals surface area contributed by atoms with E-state index in [0.717, 1.165) is 26.7 Å². The van der Waals surface area contributed by atoms with Crippen LogP contribution in [0.1, 0.15) is 5.56 Å². The molecule has 0 aliphatic carbocycles. The number of anilines is 2. The number of hydrogen-bond acceptors (Lipinski definition) is 6. The highest BCUT2D eigenvalue weighted by Gasteiger charge is 2.10. The average Bonchev–Trinajstić information content (AvgIpc) is 2.74. The summed E-state index contributed by atoms with van der Waals surface area (Å²) in [6.07, 6.45) is 3.38. The zero-order valence-corrected chi connectivity index (χ0v) is 18.3. The molecule has 4 aromatic rings. The standard InChI is InChI=1S/C22H21FN5PS/c1-29(2)19-8-6-16(11-17(19)23)30-20-13-26-21(24)22(28-20)27-12-14-5-7-18-15(10-14)4-3-9-25-18/h3-11,13H,12H2,1-2H3,(H2,24,26)(H,27,28). The Morgan fingerprint density at radius 1 is 1.10 bits per heavy atom. The van der Waals surface area contributed by atoms with Gasteiger partial charge in [-0.15, -0.1) is 0 Å². The Balaban J connectivity index is 1.49. The smallest absolute Gasteiger partial charge is 0.170 e. The van der Waals surface area contributed by atoms with E-state index in [0.29, 0.717) is 23.2 Å². The van der Waals surface area contributed by atoms with E-state index in [1.807, 2.05) is 49.7 Å². The fraction of sp³-hybridized carbons (Fsp3) is 0.136. The van der Waals surface area contributed by atoms with Crippen molar-refractivity contribution in [1.29, 1.82) is 0 Å². The summed E-state index contributed by atoms with van der Waals surface area (Å²) < 4.78 is 14.3. The molecule has 0 bridgehead atoms. The fourth-order valence-corrected chi connectivity index (χ4v) is 4.66. The first-order valence-corrected chi connectivity index (χ1v) is 12.4. The number of nitrogen functional groups attached to an aromatic ring is 1. The summed E-state index contributed by atoms with van der Waals surface area (Å²) in [4.78, 5) is 13.9. The number of rotatable bonds is 6. The summed E-state index contributed by atoms with van der Waals surface area (Å²) in [5.41, 5.74) is 8.04. The number of nitrogens with one attached hydrogen (secondary N) is 1. The molecule has 4 rings (SSSR count). The van der Waals surface area contributed by atoms with Crippen LogP contribution in [0.15, 0.2) is 70.8 Å². The van der Waals surface area contributed by atoms with Crippen molar-refractivity contribution < 1.29 is 4.39 Å². The number of fused-ring (bicyclic) bond motifs is 1. The molecule has 2 heterocycles. The molecule has 30 heavy (non-hydrogen) atoms. The molecular formula is C22H21FN5PS. The monoisotopic (exact) mass is 437 g/mol. The van der Waals surface area contributed by atoms with Crippen LogP contribution in [0.2, 0.25) is 0 Å². The summed E-state index contributed by atoms with van der Waals surface area (Å²) in [7, 11) is -0.479. The fourth-order valence-electron chi connectivity index (χ4n) is 3.02. The number of nitrogens with two attached hydrogens (primary N) is 1. The zero-order chi connectivity index (χ0) is 21.1. The number of halogens is 1. The van der Waals surface area contributed by atoms with Crippen molar-refractivity contribution in [1.82, 2.24) is 15.0 Å². The maximum Gasteiger partial charge on any atom is 0.170 e. The van der Waals surface area contributed by atoms with E-state index in [9.17, 15) is 4.39 Å². The molecule has 2 aromatic carbocycles. The van der Waals surface area contributed by atoms with Crippen molar-refractivity contribution in [3.63, 3.8) is 0 Å². The minimum atomic E-state index is -0.479. The lowest BCUT2D eigenvalue weighted by Gasteiger charge is -2.11. The third-order valence-electron chi connectivity index (χ3n) is 4.53. The lowest BCUT2D eigenvalue weighted by Crippen LogP contribution is -2.07. The molecule has 0 aliphatic rings. The van der Waals surface area contributed by atoms with Gasteiger partial charge in [0.25, 0.3) is 0 Å². The molecule has 0 amide bonds. The van der Waals surface area contributed by atoms with Crippen LogP contribution in [0.4, 0.5) is 16.0 Å². The maximum atomic E-state index is 14.3. The van der Waals surface area contributed by atoms with Crippen molar-refractivity contribution in [3.05, 3.63) is 72.3 Å². The normalized spacial score (nSPS) is 11.2. The van der Waals surface area contributed by atoms with Crippen LogP contribution in [0.25, 0.3) is 10.9 Å². The van der Waals surface area contributed by atoms with Gasteiger partial charge in [0.05, 0.1) is 11.7 Å². The van der Waals surface area contributed by atoms with Crippen LogP contribution in [-0.4, -0.2) is 28.3 Å². The number of hydrogen-bond donors (Lipinski definition) is 2. The van der Waals surface area contributed by atoms with Crippen molar-refractivity contribution in [2.24, 2.45) is 0 Å². The Bertz CT molecular complexity index is 1200. The third kappa shape index (κ3) is 4.69. The van der Waals surface area contributed by atoms with Crippen molar-refractivity contribution >= 4 is 47.5 Å². The van der Waals surface area contributed by atoms with Crippen molar-refractivity contribution in [2.45, 2.75) is 16.5 Å². The number of aromatic nitrogens is 3. The van der Waals surface area contributed by atoms with Gasteiger partial charge in [0.1, 0.15) is 10.8 Å². The first kappa shape index (κ1) is 20.5. The second-order valence-corrected chi connectivity index (χ2v) is 10.3. The van der Waals surface area contributed by atoms with E-state index in [1.54, 1.807) is 18.5 Å². The Morgan fingerprint density at radius 2 is 1.97 bits per heavy atom. The number of pyridine rings is 1. The van der Waals surface area contributed by atoms with E-state index in [4.69, 9.17) is 5.73 Å². The summed E-state index contributed by atoms with van der Waals surface area (Å²) >= 11 is 1.36. The molecule has 0 aliphatic heterocycles. The van der Waals surface area contributed by atoms with Crippen LogP contribution < -0.4 is 16.4 Å². The predicted octanol–water partition coefficient (Wildman–Crippen LogP) is 4.88. The van der Waals surface area contributed by atoms with E-state index in [1.165, 1.54) is 11.8 Å². The highest BCUT2D eigenvalue weighted by atomic mass is 32.2. The molecule has 3 N–H and O–H groups in total. The zero-order valence-electron chi connectivity index (χ0n) is 16.6. The first-order valence-electron chi connectivity index (χ1n) is 9.34. The van der Waals surface area contributed by atoms with Gasteiger partial charge < -0.3 is 11.1 Å². The van der Waals surface area contributed by atoms with Crippen molar-refractivity contribution in [2.75, 3.05) is 24.4 Å². The summed E-state index contributed by atoms with van der Waals surface area (Å²) in [5.74, 6) is 0.656. The van der Waals surface area contributed by atoms with Gasteiger partial charge in [0, 0.05) is 28.3 Å². The van der Waals surface area contributed by atoms with Gasteiger partial charge in [-0.3, -0.25) is 4.98 Å². The van der Waals surface area contributed by atoms with E-state index in [2.05, 4.69) is 26.3 Å². The van der Waals surface area contributed by atoms with Crippen molar-refractivity contribution in [3.8, 4) is 0 Å². The molecule has 0 unspecified atom stereocenters. The van der Waals surface area contributed by atoms with Gasteiger partial charge in [0.2, 0.25) is 0 Å². The Hall–Kier alpha value is -2.76. The van der Waals surface area contributed by atoms with Gasteiger partial charge in [-0.2, -0.15) is 0 Å². The molecule has 0 spiro atoms. The summed E-state index contributed by atoms with van der Waals surface area (Å²) in [6, 6.07) is 15.4. The Morgan fingerprint density at radius 3 is 2.77 bits per heavy atom. The second kappa shape index (κ2) is 8.94. The lowest BCUT2D eigenvalue weighted by molar-refractivity contribution is 0.633. The van der Waals surface area contributed by atoms with Gasteiger partial charge in [-0.05, 0) is 49.2 Å². The second-order valence-electron chi connectivity index (χ2n) is 6.94. The Labute approximate surface area is 180 Å². The van der Waals surface area contributed by atoms with Crippen LogP contribution in [0.3, 0.4) is 0 Å². The Kier molecular flexibility index (Phi) is 6.11. The lowest BCUT2D eigenvalue weighted by atomic mass is 10.1. The van der Waals surface area contributed by atoms with Crippen LogP contribution >= 0.6 is 19.7 Å². The van der Waals surface area contributed by atoms with E-state index in [-0.39, 0.29) is 5.82 Å². The number of benzene rings is 2. The molecule has 0 fully saturated rings. The van der Waals surface area contributed by atoms with Gasteiger partial charge in [-0.25, -0.2) is 14.4 Å². The molecule has 0 atom stereocenters.